The molecule has 0 aliphatic heterocycles. The molecular weight excluding hydrogens is 227 g/mol. The molecule has 1 aromatic rings. The lowest BCUT2D eigenvalue weighted by Gasteiger charge is -2.14. The van der Waals surface area contributed by atoms with Crippen LogP contribution in [0.4, 0.5) is 4.39 Å². The van der Waals surface area contributed by atoms with Crippen molar-refractivity contribution in [1.29, 1.82) is 0 Å². The van der Waals surface area contributed by atoms with Crippen molar-refractivity contribution in [3.63, 3.8) is 0 Å². The van der Waals surface area contributed by atoms with Crippen LogP contribution in [0.25, 0.3) is 11.6 Å². The van der Waals surface area contributed by atoms with Crippen molar-refractivity contribution >= 4 is 11.6 Å². The average molecular weight is 246 g/mol. The van der Waals surface area contributed by atoms with E-state index in [-0.39, 0.29) is 5.82 Å². The molecule has 0 heterocycles. The summed E-state index contributed by atoms with van der Waals surface area (Å²) in [6, 6.07) is 3.22. The van der Waals surface area contributed by atoms with Crippen molar-refractivity contribution < 1.29 is 9.13 Å². The molecule has 0 saturated heterocycles. The Morgan fingerprint density at radius 2 is 2.22 bits per heavy atom. The Kier molecular flexibility index (Phi) is 3.85. The molecule has 0 bridgehead atoms. The minimum Gasteiger partial charge on any atom is -0.490 e. The van der Waals surface area contributed by atoms with Crippen LogP contribution in [0.5, 0.6) is 5.75 Å². The summed E-state index contributed by atoms with van der Waals surface area (Å²) >= 11 is 0. The average Bonchev–Trinajstić information content (AvgIpc) is 3.12. The van der Waals surface area contributed by atoms with Crippen LogP contribution in [0.2, 0.25) is 0 Å². The van der Waals surface area contributed by atoms with Gasteiger partial charge in [0.2, 0.25) is 0 Å². The molecule has 0 amide bonds. The maximum Gasteiger partial charge on any atom is 0.165 e. The van der Waals surface area contributed by atoms with Crippen LogP contribution in [0, 0.1) is 11.7 Å². The van der Waals surface area contributed by atoms with Crippen molar-refractivity contribution in [2.24, 2.45) is 5.92 Å². The minimum absolute atomic E-state index is 0.297. The van der Waals surface area contributed by atoms with E-state index in [1.54, 1.807) is 6.07 Å². The van der Waals surface area contributed by atoms with Gasteiger partial charge in [-0.05, 0) is 44.2 Å². The van der Waals surface area contributed by atoms with Crippen LogP contribution < -0.4 is 4.74 Å². The lowest BCUT2D eigenvalue weighted by Crippen LogP contribution is -2.04. The lowest BCUT2D eigenvalue weighted by molar-refractivity contribution is 0.284. The maximum atomic E-state index is 13.9. The predicted molar refractivity (Wildman–Crippen MR) is 74.0 cm³/mol. The number of allylic oxidation sites excluding steroid dienone is 2. The van der Waals surface area contributed by atoms with E-state index >= 15 is 0 Å². The van der Waals surface area contributed by atoms with E-state index in [9.17, 15) is 4.39 Å². The third-order valence-corrected chi connectivity index (χ3v) is 3.10. The van der Waals surface area contributed by atoms with Crippen LogP contribution in [0.15, 0.2) is 24.8 Å². The normalized spacial score (nSPS) is 15.1. The molecule has 1 saturated carbocycles. The molecule has 1 aromatic carbocycles. The molecule has 2 heteroatoms. The van der Waals surface area contributed by atoms with Gasteiger partial charge in [-0.3, -0.25) is 0 Å². The van der Waals surface area contributed by atoms with Gasteiger partial charge in [0, 0.05) is 5.56 Å². The topological polar surface area (TPSA) is 9.23 Å². The largest absolute Gasteiger partial charge is 0.490 e. The van der Waals surface area contributed by atoms with Crippen molar-refractivity contribution in [3.05, 3.63) is 41.7 Å². The molecule has 0 aromatic heterocycles. The summed E-state index contributed by atoms with van der Waals surface area (Å²) in [4.78, 5) is 0. The van der Waals surface area contributed by atoms with E-state index in [4.69, 9.17) is 4.74 Å². The van der Waals surface area contributed by atoms with Gasteiger partial charge in [-0.25, -0.2) is 4.39 Å². The fourth-order valence-corrected chi connectivity index (χ4v) is 1.91. The molecule has 96 valence electrons. The zero-order chi connectivity index (χ0) is 13.1. The summed E-state index contributed by atoms with van der Waals surface area (Å²) in [7, 11) is 0. The van der Waals surface area contributed by atoms with Crippen LogP contribution in [-0.2, 0) is 0 Å². The van der Waals surface area contributed by atoms with Gasteiger partial charge in [-0.1, -0.05) is 30.4 Å². The molecule has 0 unspecified atom stereocenters. The summed E-state index contributed by atoms with van der Waals surface area (Å²) < 4.78 is 19.6. The molecule has 2 rings (SSSR count). The van der Waals surface area contributed by atoms with Gasteiger partial charge >= 0.3 is 0 Å². The fraction of sp³-hybridized carbons (Fsp3) is 0.375. The first-order valence-electron chi connectivity index (χ1n) is 6.37. The second-order valence-corrected chi connectivity index (χ2v) is 4.87. The van der Waals surface area contributed by atoms with E-state index in [0.717, 1.165) is 16.7 Å². The van der Waals surface area contributed by atoms with E-state index in [2.05, 4.69) is 6.58 Å². The lowest BCUT2D eigenvalue weighted by atomic mass is 10.00. The smallest absolute Gasteiger partial charge is 0.165 e. The van der Waals surface area contributed by atoms with Crippen LogP contribution in [-0.4, -0.2) is 6.61 Å². The second kappa shape index (κ2) is 5.38. The minimum atomic E-state index is -0.297. The highest BCUT2D eigenvalue weighted by molar-refractivity contribution is 5.75. The van der Waals surface area contributed by atoms with E-state index in [1.807, 2.05) is 26.0 Å². The Morgan fingerprint density at radius 1 is 1.50 bits per heavy atom. The Hall–Kier alpha value is -1.57. The fourth-order valence-electron chi connectivity index (χ4n) is 1.91. The number of hydrogen-bond donors (Lipinski definition) is 0. The molecule has 18 heavy (non-hydrogen) atoms. The quantitative estimate of drug-likeness (QED) is 0.733. The SMILES string of the molecule is C=C(C)c1ccc(F)c(OCC2CC2)c1/C=C\C. The summed E-state index contributed by atoms with van der Waals surface area (Å²) in [5.74, 6) is 0.672. The maximum absolute atomic E-state index is 13.9. The third kappa shape index (κ3) is 2.81. The first-order valence-corrected chi connectivity index (χ1v) is 6.37. The molecule has 1 aliphatic rings. The van der Waals surface area contributed by atoms with Crippen LogP contribution >= 0.6 is 0 Å². The molecule has 0 atom stereocenters. The Balaban J connectivity index is 2.38. The molecule has 1 fully saturated rings. The third-order valence-electron chi connectivity index (χ3n) is 3.10. The van der Waals surface area contributed by atoms with Gasteiger partial charge in [0.1, 0.15) is 0 Å². The summed E-state index contributed by atoms with van der Waals surface area (Å²) in [6.07, 6.45) is 6.17. The predicted octanol–water partition coefficient (Wildman–Crippen LogP) is 4.68. The molecule has 0 N–H and O–H groups in total. The van der Waals surface area contributed by atoms with E-state index < -0.39 is 0 Å². The Labute approximate surface area is 108 Å². The van der Waals surface area contributed by atoms with Crippen molar-refractivity contribution in [1.82, 2.24) is 0 Å². The van der Waals surface area contributed by atoms with Crippen molar-refractivity contribution in [3.8, 4) is 5.75 Å². The van der Waals surface area contributed by atoms with Crippen molar-refractivity contribution in [2.45, 2.75) is 26.7 Å². The first-order chi connectivity index (χ1) is 8.63. The van der Waals surface area contributed by atoms with Crippen LogP contribution in [0.3, 0.4) is 0 Å². The molecule has 0 radical (unpaired) electrons. The highest BCUT2D eigenvalue weighted by atomic mass is 19.1. The van der Waals surface area contributed by atoms with Gasteiger partial charge in [-0.2, -0.15) is 0 Å². The number of ether oxygens (including phenoxy) is 1. The summed E-state index contributed by atoms with van der Waals surface area (Å²) in [6.45, 7) is 8.38. The first kappa shape index (κ1) is 12.9. The zero-order valence-electron chi connectivity index (χ0n) is 11.0. The molecule has 1 nitrogen and oxygen atoms in total. The zero-order valence-corrected chi connectivity index (χ0v) is 11.0. The second-order valence-electron chi connectivity index (χ2n) is 4.87. The van der Waals surface area contributed by atoms with Gasteiger partial charge in [0.15, 0.2) is 11.6 Å². The number of hydrogen-bond acceptors (Lipinski definition) is 1. The van der Waals surface area contributed by atoms with Gasteiger partial charge in [0.05, 0.1) is 6.61 Å². The summed E-state index contributed by atoms with van der Waals surface area (Å²) in [5, 5.41) is 0. The van der Waals surface area contributed by atoms with Gasteiger partial charge < -0.3 is 4.74 Å². The molecule has 0 spiro atoms. The Morgan fingerprint density at radius 3 is 2.78 bits per heavy atom. The molecule has 1 aliphatic carbocycles. The number of rotatable bonds is 5. The van der Waals surface area contributed by atoms with Gasteiger partial charge in [0.25, 0.3) is 0 Å². The summed E-state index contributed by atoms with van der Waals surface area (Å²) in [5.41, 5.74) is 2.66. The molecular formula is C16H19FO. The standard InChI is InChI=1S/C16H19FO/c1-4-5-14-13(11(2)3)8-9-15(17)16(14)18-10-12-6-7-12/h4-5,8-9,12H,2,6-7,10H2,1,3H3/b5-4-. The van der Waals surface area contributed by atoms with Crippen LogP contribution in [0.1, 0.15) is 37.8 Å². The number of benzene rings is 1. The monoisotopic (exact) mass is 246 g/mol. The number of halogens is 1. The van der Waals surface area contributed by atoms with E-state index in [1.165, 1.54) is 18.9 Å². The van der Waals surface area contributed by atoms with Crippen molar-refractivity contribution in [2.75, 3.05) is 6.61 Å². The van der Waals surface area contributed by atoms with Gasteiger partial charge in [-0.15, -0.1) is 0 Å². The highest BCUT2D eigenvalue weighted by Gasteiger charge is 2.23. The van der Waals surface area contributed by atoms with E-state index in [0.29, 0.717) is 18.3 Å². The highest BCUT2D eigenvalue weighted by Crippen LogP contribution is 2.34. The Bertz CT molecular complexity index is 484.